The summed E-state index contributed by atoms with van der Waals surface area (Å²) in [6.07, 6.45) is 33.9. The third-order valence-electron chi connectivity index (χ3n) is 8.82. The van der Waals surface area contributed by atoms with E-state index >= 15 is 0 Å². The summed E-state index contributed by atoms with van der Waals surface area (Å²) in [6.45, 7) is 4.31. The highest BCUT2D eigenvalue weighted by Gasteiger charge is 2.26. The Morgan fingerprint density at radius 1 is 0.600 bits per heavy atom. The van der Waals surface area contributed by atoms with E-state index in [0.717, 1.165) is 44.9 Å². The number of rotatable bonds is 38. The lowest BCUT2D eigenvalue weighted by molar-refractivity contribution is -0.161. The number of phosphoric ester groups is 1. The molecule has 0 saturated heterocycles. The first-order chi connectivity index (χ1) is 24.2. The molecule has 1 N–H and O–H groups in total. The van der Waals surface area contributed by atoms with Gasteiger partial charge in [-0.05, 0) is 52.6 Å². The number of esters is 2. The van der Waals surface area contributed by atoms with Crippen molar-refractivity contribution in [1.29, 1.82) is 0 Å². The molecule has 0 aliphatic heterocycles. The zero-order valence-electron chi connectivity index (χ0n) is 32.9. The first-order valence-corrected chi connectivity index (χ1v) is 22.0. The molecule has 0 saturated carbocycles. The van der Waals surface area contributed by atoms with Gasteiger partial charge >= 0.3 is 19.8 Å². The van der Waals surface area contributed by atoms with Gasteiger partial charge in [0.25, 0.3) is 0 Å². The molecule has 0 aliphatic carbocycles. The first-order valence-electron chi connectivity index (χ1n) is 20.5. The van der Waals surface area contributed by atoms with Crippen LogP contribution in [0.15, 0.2) is 12.2 Å². The van der Waals surface area contributed by atoms with Gasteiger partial charge in [0.15, 0.2) is 6.10 Å². The van der Waals surface area contributed by atoms with Gasteiger partial charge in [0.05, 0.1) is 13.2 Å². The molecule has 9 nitrogen and oxygen atoms in total. The van der Waals surface area contributed by atoms with E-state index in [1.807, 2.05) is 19.0 Å². The SMILES string of the molecule is CCCCCC/C=C\CCCCCCCCCC(=O)OC(COC(=O)CCCCCCCCCCCCCC)COP(=O)(O)OCCN(C)C. The zero-order valence-corrected chi connectivity index (χ0v) is 33.7. The highest BCUT2D eigenvalue weighted by Crippen LogP contribution is 2.43. The molecule has 0 aromatic rings. The Balaban J connectivity index is 4.31. The molecule has 0 aromatic carbocycles. The van der Waals surface area contributed by atoms with Crippen LogP contribution in [0, 0.1) is 0 Å². The third-order valence-corrected chi connectivity index (χ3v) is 9.81. The average molecular weight is 732 g/mol. The van der Waals surface area contributed by atoms with Gasteiger partial charge < -0.3 is 19.3 Å². The van der Waals surface area contributed by atoms with E-state index in [1.165, 1.54) is 109 Å². The number of hydrogen-bond acceptors (Lipinski definition) is 8. The van der Waals surface area contributed by atoms with Gasteiger partial charge in [0.2, 0.25) is 0 Å². The van der Waals surface area contributed by atoms with Crippen molar-refractivity contribution in [2.24, 2.45) is 0 Å². The smallest absolute Gasteiger partial charge is 0.462 e. The van der Waals surface area contributed by atoms with Crippen molar-refractivity contribution in [2.75, 3.05) is 40.5 Å². The Labute approximate surface area is 307 Å². The van der Waals surface area contributed by atoms with Crippen LogP contribution in [-0.2, 0) is 32.7 Å². The number of carbonyl (C=O) groups is 2. The Kier molecular flexibility index (Phi) is 35.2. The first kappa shape index (κ1) is 48.8. The van der Waals surface area contributed by atoms with Gasteiger partial charge in [-0.2, -0.15) is 0 Å². The second kappa shape index (κ2) is 36.1. The van der Waals surface area contributed by atoms with Crippen molar-refractivity contribution >= 4 is 19.8 Å². The number of likely N-dealkylation sites (N-methyl/N-ethyl adjacent to an activating group) is 1. The van der Waals surface area contributed by atoms with Crippen LogP contribution in [0.4, 0.5) is 0 Å². The van der Waals surface area contributed by atoms with Crippen LogP contribution in [0.3, 0.4) is 0 Å². The average Bonchev–Trinajstić information content (AvgIpc) is 3.08. The highest BCUT2D eigenvalue weighted by molar-refractivity contribution is 7.47. The van der Waals surface area contributed by atoms with E-state index in [2.05, 4.69) is 26.0 Å². The van der Waals surface area contributed by atoms with Crippen LogP contribution in [0.25, 0.3) is 0 Å². The molecule has 296 valence electrons. The van der Waals surface area contributed by atoms with Crippen molar-refractivity contribution in [3.8, 4) is 0 Å². The molecule has 0 radical (unpaired) electrons. The van der Waals surface area contributed by atoms with Crippen LogP contribution in [-0.4, -0.2) is 68.3 Å². The molecule has 0 bridgehead atoms. The van der Waals surface area contributed by atoms with Crippen molar-refractivity contribution < 1.29 is 37.6 Å². The topological polar surface area (TPSA) is 112 Å². The second-order valence-corrected chi connectivity index (χ2v) is 15.6. The predicted molar refractivity (Wildman–Crippen MR) is 206 cm³/mol. The van der Waals surface area contributed by atoms with Crippen LogP contribution < -0.4 is 0 Å². The fourth-order valence-electron chi connectivity index (χ4n) is 5.62. The summed E-state index contributed by atoms with van der Waals surface area (Å²) in [6, 6.07) is 0. The van der Waals surface area contributed by atoms with Gasteiger partial charge in [-0.25, -0.2) is 4.57 Å². The number of allylic oxidation sites excluding steroid dienone is 2. The van der Waals surface area contributed by atoms with E-state index in [4.69, 9.17) is 18.5 Å². The van der Waals surface area contributed by atoms with E-state index in [-0.39, 0.29) is 25.6 Å². The Morgan fingerprint density at radius 3 is 1.50 bits per heavy atom. The van der Waals surface area contributed by atoms with E-state index in [1.54, 1.807) is 0 Å². The Hall–Kier alpha value is -1.25. The minimum atomic E-state index is -4.35. The summed E-state index contributed by atoms with van der Waals surface area (Å²) in [5.41, 5.74) is 0. The summed E-state index contributed by atoms with van der Waals surface area (Å²) >= 11 is 0. The molecule has 0 spiro atoms. The van der Waals surface area contributed by atoms with Crippen molar-refractivity contribution in [1.82, 2.24) is 4.90 Å². The minimum Gasteiger partial charge on any atom is -0.462 e. The lowest BCUT2D eigenvalue weighted by Crippen LogP contribution is -2.29. The molecule has 0 rings (SSSR count). The summed E-state index contributed by atoms with van der Waals surface area (Å²) in [7, 11) is -0.705. The molecule has 0 fully saturated rings. The molecule has 50 heavy (non-hydrogen) atoms. The maximum absolute atomic E-state index is 12.6. The molecule has 0 heterocycles. The number of carbonyl (C=O) groups excluding carboxylic acids is 2. The Bertz CT molecular complexity index is 853. The molecule has 10 heteroatoms. The van der Waals surface area contributed by atoms with Gasteiger partial charge in [-0.15, -0.1) is 0 Å². The number of phosphoric acid groups is 1. The molecular formula is C40H78NO8P. The fraction of sp³-hybridized carbons (Fsp3) is 0.900. The van der Waals surface area contributed by atoms with Gasteiger partial charge in [-0.3, -0.25) is 18.6 Å². The van der Waals surface area contributed by atoms with Gasteiger partial charge in [-0.1, -0.05) is 148 Å². The lowest BCUT2D eigenvalue weighted by Gasteiger charge is -2.20. The Morgan fingerprint density at radius 2 is 1.02 bits per heavy atom. The molecule has 0 aromatic heterocycles. The van der Waals surface area contributed by atoms with E-state index < -0.39 is 26.5 Å². The van der Waals surface area contributed by atoms with E-state index in [9.17, 15) is 19.0 Å². The lowest BCUT2D eigenvalue weighted by atomic mass is 10.0. The van der Waals surface area contributed by atoms with Gasteiger partial charge in [0, 0.05) is 19.4 Å². The number of ether oxygens (including phenoxy) is 2. The number of unbranched alkanes of at least 4 members (excludes halogenated alkanes) is 22. The minimum absolute atomic E-state index is 0.00943. The van der Waals surface area contributed by atoms with Crippen LogP contribution in [0.5, 0.6) is 0 Å². The number of hydrogen-bond donors (Lipinski definition) is 1. The zero-order chi connectivity index (χ0) is 37.0. The van der Waals surface area contributed by atoms with E-state index in [0.29, 0.717) is 19.4 Å². The third kappa shape index (κ3) is 36.5. The summed E-state index contributed by atoms with van der Waals surface area (Å²) < 4.78 is 33.4. The quantitative estimate of drug-likeness (QED) is 0.0287. The monoisotopic (exact) mass is 732 g/mol. The summed E-state index contributed by atoms with van der Waals surface area (Å²) in [5.74, 6) is -0.802. The van der Waals surface area contributed by atoms with Crippen LogP contribution in [0.1, 0.15) is 187 Å². The predicted octanol–water partition coefficient (Wildman–Crippen LogP) is 11.3. The van der Waals surface area contributed by atoms with Crippen LogP contribution >= 0.6 is 7.82 Å². The largest absolute Gasteiger partial charge is 0.472 e. The summed E-state index contributed by atoms with van der Waals surface area (Å²) in [5, 5.41) is 0. The van der Waals surface area contributed by atoms with Crippen molar-refractivity contribution in [3.05, 3.63) is 12.2 Å². The second-order valence-electron chi connectivity index (χ2n) is 14.2. The molecule has 2 unspecified atom stereocenters. The molecular weight excluding hydrogens is 653 g/mol. The van der Waals surface area contributed by atoms with Gasteiger partial charge in [0.1, 0.15) is 6.61 Å². The van der Waals surface area contributed by atoms with Crippen LogP contribution in [0.2, 0.25) is 0 Å². The number of nitrogens with zero attached hydrogens (tertiary/aromatic N) is 1. The molecule has 0 aliphatic rings. The maximum atomic E-state index is 12.6. The molecule has 0 amide bonds. The van der Waals surface area contributed by atoms with Crippen molar-refractivity contribution in [2.45, 2.75) is 193 Å². The molecule has 2 atom stereocenters. The normalized spacial score (nSPS) is 13.6. The fourth-order valence-corrected chi connectivity index (χ4v) is 6.36. The standard InChI is InChI=1S/C40H78NO8P/c1-5-7-9-11-13-15-17-19-20-21-23-25-27-29-31-33-40(43)49-38(37-48-50(44,45)47-35-34-41(3)4)36-46-39(42)32-30-28-26-24-22-18-16-14-12-10-8-6-2/h15,17,38H,5-14,16,18-37H2,1-4H3,(H,44,45)/b17-15-. The van der Waals surface area contributed by atoms with Crippen molar-refractivity contribution in [3.63, 3.8) is 0 Å². The highest BCUT2D eigenvalue weighted by atomic mass is 31.2. The maximum Gasteiger partial charge on any atom is 0.472 e. The summed E-state index contributed by atoms with van der Waals surface area (Å²) in [4.78, 5) is 36.9.